The molecule has 3 heteroatoms. The Morgan fingerprint density at radius 1 is 1.15 bits per heavy atom. The Kier molecular flexibility index (Phi) is 2.66. The molecule has 0 bridgehead atoms. The van der Waals surface area contributed by atoms with E-state index in [1.165, 1.54) is 24.1 Å². The fourth-order valence-electron chi connectivity index (χ4n) is 1.69. The molecule has 1 heterocycles. The van der Waals surface area contributed by atoms with Crippen molar-refractivity contribution in [3.8, 4) is 5.75 Å². The highest BCUT2D eigenvalue weighted by Gasteiger charge is 2.17. The van der Waals surface area contributed by atoms with Crippen LogP contribution in [0.15, 0.2) is 24.3 Å². The summed E-state index contributed by atoms with van der Waals surface area (Å²) in [6.45, 7) is 0.928. The summed E-state index contributed by atoms with van der Waals surface area (Å²) in [5.74, 6) is 0.341. The predicted molar refractivity (Wildman–Crippen MR) is 54.9 cm³/mol. The highest BCUT2D eigenvalue weighted by Crippen LogP contribution is 2.12. The molecule has 1 aromatic rings. The molecule has 1 unspecified atom stereocenters. The zero-order chi connectivity index (χ0) is 9.10. The number of aromatic hydroxyl groups is 1. The van der Waals surface area contributed by atoms with Crippen LogP contribution in [-0.2, 0) is 4.43 Å². The third kappa shape index (κ3) is 2.11. The van der Waals surface area contributed by atoms with Gasteiger partial charge < -0.3 is 9.53 Å². The Hall–Kier alpha value is -0.803. The average molecular weight is 194 g/mol. The molecule has 1 fully saturated rings. The van der Waals surface area contributed by atoms with Crippen LogP contribution in [0, 0.1) is 0 Å². The van der Waals surface area contributed by atoms with E-state index in [0.29, 0.717) is 5.75 Å². The molecule has 1 N–H and O–H groups in total. The molecule has 0 amide bonds. The van der Waals surface area contributed by atoms with Gasteiger partial charge in [0.05, 0.1) is 0 Å². The molecule has 1 atom stereocenters. The van der Waals surface area contributed by atoms with Gasteiger partial charge in [-0.3, -0.25) is 0 Å². The van der Waals surface area contributed by atoms with E-state index in [9.17, 15) is 0 Å². The molecular formula is C10H14O2Si. The van der Waals surface area contributed by atoms with Crippen molar-refractivity contribution in [2.45, 2.75) is 18.9 Å². The molecule has 1 aliphatic heterocycles. The zero-order valence-corrected chi connectivity index (χ0v) is 8.73. The molecule has 0 radical (unpaired) electrons. The number of phenolic OH excluding ortho intramolecular Hbond substituents is 1. The molecule has 1 aromatic carbocycles. The van der Waals surface area contributed by atoms with Gasteiger partial charge >= 0.3 is 0 Å². The van der Waals surface area contributed by atoms with E-state index in [1.807, 2.05) is 12.1 Å². The third-order valence-corrected chi connectivity index (χ3v) is 5.14. The first-order valence-electron chi connectivity index (χ1n) is 4.77. The lowest BCUT2D eigenvalue weighted by atomic mass is 10.3. The van der Waals surface area contributed by atoms with E-state index in [1.54, 1.807) is 12.1 Å². The van der Waals surface area contributed by atoms with Crippen LogP contribution in [0.1, 0.15) is 12.8 Å². The summed E-state index contributed by atoms with van der Waals surface area (Å²) in [7, 11) is -1.12. The van der Waals surface area contributed by atoms with Crippen molar-refractivity contribution >= 4 is 14.2 Å². The largest absolute Gasteiger partial charge is 0.508 e. The van der Waals surface area contributed by atoms with Gasteiger partial charge in [-0.1, -0.05) is 18.6 Å². The average Bonchev–Trinajstić information content (AvgIpc) is 2.20. The van der Waals surface area contributed by atoms with Gasteiger partial charge in [-0.25, -0.2) is 0 Å². The standard InChI is InChI=1S/C10H14O2Si/c11-9-3-5-10(6-4-9)13-8-2-1-7-12-13/h3-6,11,13H,1-2,7-8H2. The second-order valence-electron chi connectivity index (χ2n) is 3.45. The lowest BCUT2D eigenvalue weighted by molar-refractivity contribution is 0.294. The maximum Gasteiger partial charge on any atom is 0.208 e. The molecule has 13 heavy (non-hydrogen) atoms. The van der Waals surface area contributed by atoms with Crippen LogP contribution in [0.25, 0.3) is 0 Å². The van der Waals surface area contributed by atoms with E-state index in [4.69, 9.17) is 9.53 Å². The fraction of sp³-hybridized carbons (Fsp3) is 0.400. The van der Waals surface area contributed by atoms with Gasteiger partial charge in [-0.2, -0.15) is 0 Å². The van der Waals surface area contributed by atoms with Crippen molar-refractivity contribution in [2.75, 3.05) is 6.61 Å². The van der Waals surface area contributed by atoms with Gasteiger partial charge in [0.1, 0.15) is 5.75 Å². The van der Waals surface area contributed by atoms with Crippen molar-refractivity contribution in [2.24, 2.45) is 0 Å². The first-order valence-corrected chi connectivity index (χ1v) is 6.63. The first kappa shape index (κ1) is 8.78. The van der Waals surface area contributed by atoms with Crippen LogP contribution in [0.4, 0.5) is 0 Å². The molecule has 1 saturated heterocycles. The maximum atomic E-state index is 9.13. The second-order valence-corrected chi connectivity index (χ2v) is 6.00. The number of hydrogen-bond acceptors (Lipinski definition) is 2. The van der Waals surface area contributed by atoms with Crippen LogP contribution in [-0.4, -0.2) is 20.8 Å². The monoisotopic (exact) mass is 194 g/mol. The van der Waals surface area contributed by atoms with Gasteiger partial charge in [-0.15, -0.1) is 0 Å². The van der Waals surface area contributed by atoms with Crippen LogP contribution in [0.5, 0.6) is 5.75 Å². The molecule has 0 saturated carbocycles. The second kappa shape index (κ2) is 3.94. The van der Waals surface area contributed by atoms with Crippen LogP contribution in [0.2, 0.25) is 6.04 Å². The number of rotatable bonds is 1. The molecule has 2 rings (SSSR count). The van der Waals surface area contributed by atoms with Gasteiger partial charge in [0, 0.05) is 6.61 Å². The van der Waals surface area contributed by atoms with Crippen molar-refractivity contribution in [1.82, 2.24) is 0 Å². The highest BCUT2D eigenvalue weighted by molar-refractivity contribution is 6.67. The Morgan fingerprint density at radius 3 is 2.54 bits per heavy atom. The molecule has 0 aromatic heterocycles. The summed E-state index contributed by atoms with van der Waals surface area (Å²) in [6, 6.07) is 8.74. The van der Waals surface area contributed by atoms with E-state index in [-0.39, 0.29) is 0 Å². The Morgan fingerprint density at radius 2 is 1.92 bits per heavy atom. The summed E-state index contributed by atoms with van der Waals surface area (Å²) in [4.78, 5) is 0. The summed E-state index contributed by atoms with van der Waals surface area (Å²) in [6.07, 6.45) is 2.51. The summed E-state index contributed by atoms with van der Waals surface area (Å²) >= 11 is 0. The van der Waals surface area contributed by atoms with Crippen molar-refractivity contribution < 1.29 is 9.53 Å². The SMILES string of the molecule is Oc1ccc([SiH]2CCCCO2)cc1. The summed E-state index contributed by atoms with van der Waals surface area (Å²) < 4.78 is 5.76. The number of hydrogen-bond donors (Lipinski definition) is 1. The van der Waals surface area contributed by atoms with Crippen LogP contribution in [0.3, 0.4) is 0 Å². The molecule has 70 valence electrons. The quantitative estimate of drug-likeness (QED) is 0.679. The molecule has 1 aliphatic rings. The Balaban J connectivity index is 2.10. The Bertz CT molecular complexity index is 265. The van der Waals surface area contributed by atoms with Gasteiger partial charge in [0.2, 0.25) is 9.04 Å². The molecule has 2 nitrogen and oxygen atoms in total. The van der Waals surface area contributed by atoms with E-state index < -0.39 is 9.04 Å². The lowest BCUT2D eigenvalue weighted by Crippen LogP contribution is -2.36. The highest BCUT2D eigenvalue weighted by atomic mass is 28.3. The number of phenols is 1. The van der Waals surface area contributed by atoms with Crippen molar-refractivity contribution in [3.05, 3.63) is 24.3 Å². The van der Waals surface area contributed by atoms with Gasteiger partial charge in [-0.05, 0) is 29.8 Å². The van der Waals surface area contributed by atoms with Gasteiger partial charge in [0.25, 0.3) is 0 Å². The topological polar surface area (TPSA) is 29.5 Å². The molecular weight excluding hydrogens is 180 g/mol. The fourth-order valence-corrected chi connectivity index (χ4v) is 4.12. The smallest absolute Gasteiger partial charge is 0.208 e. The third-order valence-electron chi connectivity index (χ3n) is 2.44. The normalized spacial score (nSPS) is 22.9. The van der Waals surface area contributed by atoms with E-state index in [0.717, 1.165) is 6.61 Å². The minimum Gasteiger partial charge on any atom is -0.508 e. The maximum absolute atomic E-state index is 9.13. The molecule has 0 spiro atoms. The zero-order valence-electron chi connectivity index (χ0n) is 7.57. The number of benzene rings is 1. The van der Waals surface area contributed by atoms with E-state index >= 15 is 0 Å². The van der Waals surface area contributed by atoms with Crippen molar-refractivity contribution in [3.63, 3.8) is 0 Å². The minimum atomic E-state index is -1.12. The van der Waals surface area contributed by atoms with Crippen molar-refractivity contribution in [1.29, 1.82) is 0 Å². The predicted octanol–water partition coefficient (Wildman–Crippen LogP) is 1.13. The summed E-state index contributed by atoms with van der Waals surface area (Å²) in [5.41, 5.74) is 0. The Labute approximate surface area is 79.9 Å². The van der Waals surface area contributed by atoms with Crippen LogP contribution < -0.4 is 5.19 Å². The lowest BCUT2D eigenvalue weighted by Gasteiger charge is -2.21. The van der Waals surface area contributed by atoms with E-state index in [2.05, 4.69) is 0 Å². The first-order chi connectivity index (χ1) is 6.36. The summed E-state index contributed by atoms with van der Waals surface area (Å²) in [5, 5.41) is 10.4. The van der Waals surface area contributed by atoms with Crippen LogP contribution >= 0.6 is 0 Å². The molecule has 0 aliphatic carbocycles. The van der Waals surface area contributed by atoms with Gasteiger partial charge in [0.15, 0.2) is 0 Å². The minimum absolute atomic E-state index is 0.341.